The third kappa shape index (κ3) is 3.62. The van der Waals surface area contributed by atoms with Crippen LogP contribution in [0.15, 0.2) is 48.9 Å². The second-order valence-electron chi connectivity index (χ2n) is 8.08. The molecule has 1 amide bonds. The monoisotopic (exact) mass is 462 g/mol. The van der Waals surface area contributed by atoms with Crippen molar-refractivity contribution in [2.45, 2.75) is 6.42 Å². The van der Waals surface area contributed by atoms with Crippen molar-refractivity contribution < 1.29 is 9.18 Å². The Bertz CT molecular complexity index is 1420. The average Bonchev–Trinajstić information content (AvgIpc) is 3.20. The lowest BCUT2D eigenvalue weighted by atomic mass is 10.0. The molecule has 3 heterocycles. The van der Waals surface area contributed by atoms with E-state index in [0.29, 0.717) is 24.3 Å². The molecule has 1 aliphatic rings. The molecule has 4 aromatic rings. The van der Waals surface area contributed by atoms with Gasteiger partial charge >= 0.3 is 0 Å². The maximum Gasteiger partial charge on any atom is 0.257 e. The van der Waals surface area contributed by atoms with Gasteiger partial charge in [-0.3, -0.25) is 4.79 Å². The molecule has 2 aromatic carbocycles. The Morgan fingerprint density at radius 2 is 1.94 bits per heavy atom. The van der Waals surface area contributed by atoms with Crippen molar-refractivity contribution in [3.63, 3.8) is 0 Å². The lowest BCUT2D eigenvalue weighted by Crippen LogP contribution is -2.23. The molecule has 1 aliphatic heterocycles. The van der Waals surface area contributed by atoms with E-state index in [4.69, 9.17) is 17.3 Å². The first-order valence-electron chi connectivity index (χ1n) is 10.3. The van der Waals surface area contributed by atoms with Gasteiger partial charge in [-0.15, -0.1) is 0 Å². The van der Waals surface area contributed by atoms with Gasteiger partial charge in [0.1, 0.15) is 23.8 Å². The van der Waals surface area contributed by atoms with Gasteiger partial charge in [0.2, 0.25) is 0 Å². The smallest absolute Gasteiger partial charge is 0.257 e. The van der Waals surface area contributed by atoms with E-state index in [1.165, 1.54) is 17.3 Å². The minimum absolute atomic E-state index is 0.0748. The first-order chi connectivity index (χ1) is 15.8. The molecule has 7 nitrogen and oxygen atoms in total. The molecule has 5 rings (SSSR count). The number of nitrogen functional groups attached to an aromatic ring is 1. The molecule has 0 aliphatic carbocycles. The van der Waals surface area contributed by atoms with Crippen LogP contribution in [0.1, 0.15) is 15.9 Å². The van der Waals surface area contributed by atoms with Crippen molar-refractivity contribution >= 4 is 45.7 Å². The highest BCUT2D eigenvalue weighted by molar-refractivity contribution is 6.31. The van der Waals surface area contributed by atoms with Gasteiger partial charge in [0, 0.05) is 43.5 Å². The van der Waals surface area contributed by atoms with Gasteiger partial charge in [-0.1, -0.05) is 17.7 Å². The Labute approximate surface area is 194 Å². The molecule has 33 heavy (non-hydrogen) atoms. The lowest BCUT2D eigenvalue weighted by molar-refractivity contribution is 0.0828. The van der Waals surface area contributed by atoms with Crippen LogP contribution in [0, 0.1) is 5.82 Å². The van der Waals surface area contributed by atoms with E-state index >= 15 is 0 Å². The molecule has 2 aromatic heterocycles. The number of benzene rings is 2. The van der Waals surface area contributed by atoms with Crippen LogP contribution < -0.4 is 10.6 Å². The SMILES string of the molecule is CN(C)C(=O)c1cc(-c2ccc3ncnc(N4CCc5cc(F)c(Cl)cc54)c3c2)cnc1N. The van der Waals surface area contributed by atoms with Crippen LogP contribution in [0.5, 0.6) is 0 Å². The standard InChI is InChI=1S/C24H20ClFN6O/c1-31(2)24(33)17-8-15(11-28-22(17)27)13-3-4-20-16(7-13)23(30-12-29-20)32-6-5-14-9-19(26)18(25)10-21(14)32/h3-4,7-12H,5-6H2,1-2H3,(H2,27,28). The number of fused-ring (bicyclic) bond motifs is 2. The number of anilines is 3. The van der Waals surface area contributed by atoms with Crippen LogP contribution in [-0.2, 0) is 6.42 Å². The number of rotatable bonds is 3. The molecule has 9 heteroatoms. The normalized spacial score (nSPS) is 12.8. The zero-order valence-electron chi connectivity index (χ0n) is 18.0. The number of hydrogen-bond acceptors (Lipinski definition) is 6. The molecule has 0 unspecified atom stereocenters. The van der Waals surface area contributed by atoms with E-state index in [9.17, 15) is 9.18 Å². The Hall–Kier alpha value is -3.78. The van der Waals surface area contributed by atoms with Crippen LogP contribution in [0.4, 0.5) is 21.7 Å². The predicted octanol–water partition coefficient (Wildman–Crippen LogP) is 4.46. The number of amides is 1. The number of halogens is 2. The Balaban J connectivity index is 1.63. The van der Waals surface area contributed by atoms with E-state index < -0.39 is 5.82 Å². The summed E-state index contributed by atoms with van der Waals surface area (Å²) in [7, 11) is 3.33. The molecule has 0 radical (unpaired) electrons. The van der Waals surface area contributed by atoms with Gasteiger partial charge < -0.3 is 15.5 Å². The molecule has 0 spiro atoms. The average molecular weight is 463 g/mol. The van der Waals surface area contributed by atoms with Gasteiger partial charge in [0.25, 0.3) is 5.91 Å². The first-order valence-corrected chi connectivity index (χ1v) is 10.7. The Morgan fingerprint density at radius 1 is 1.12 bits per heavy atom. The predicted molar refractivity (Wildman–Crippen MR) is 127 cm³/mol. The van der Waals surface area contributed by atoms with Crippen LogP contribution in [0.3, 0.4) is 0 Å². The zero-order chi connectivity index (χ0) is 23.3. The Kier molecular flexibility index (Phi) is 5.09. The van der Waals surface area contributed by atoms with E-state index in [-0.39, 0.29) is 16.7 Å². The van der Waals surface area contributed by atoms with Crippen LogP contribution >= 0.6 is 11.6 Å². The zero-order valence-corrected chi connectivity index (χ0v) is 18.8. The summed E-state index contributed by atoms with van der Waals surface area (Å²) in [6.45, 7) is 0.649. The largest absolute Gasteiger partial charge is 0.383 e. The number of pyridine rings is 1. The molecule has 0 fully saturated rings. The number of nitrogens with zero attached hydrogens (tertiary/aromatic N) is 5. The summed E-state index contributed by atoms with van der Waals surface area (Å²) in [4.78, 5) is 29.1. The van der Waals surface area contributed by atoms with Crippen molar-refractivity contribution in [3.05, 3.63) is 70.9 Å². The number of carbonyl (C=O) groups excluding carboxylic acids is 1. The molecule has 0 bridgehead atoms. The third-order valence-electron chi connectivity index (χ3n) is 5.78. The Morgan fingerprint density at radius 3 is 2.73 bits per heavy atom. The lowest BCUT2D eigenvalue weighted by Gasteiger charge is -2.20. The molecule has 0 saturated carbocycles. The van der Waals surface area contributed by atoms with Crippen molar-refractivity contribution in [1.82, 2.24) is 19.9 Å². The second-order valence-corrected chi connectivity index (χ2v) is 8.49. The minimum atomic E-state index is -0.425. The van der Waals surface area contributed by atoms with Crippen molar-refractivity contribution in [3.8, 4) is 11.1 Å². The summed E-state index contributed by atoms with van der Waals surface area (Å²) >= 11 is 6.06. The van der Waals surface area contributed by atoms with Crippen LogP contribution in [0.25, 0.3) is 22.0 Å². The topological polar surface area (TPSA) is 88.2 Å². The van der Waals surface area contributed by atoms with Gasteiger partial charge in [-0.25, -0.2) is 19.3 Å². The quantitative estimate of drug-likeness (QED) is 0.483. The highest BCUT2D eigenvalue weighted by Gasteiger charge is 2.25. The van der Waals surface area contributed by atoms with E-state index in [0.717, 1.165) is 33.3 Å². The number of nitrogens with two attached hydrogens (primary N) is 1. The van der Waals surface area contributed by atoms with E-state index in [2.05, 4.69) is 15.0 Å². The van der Waals surface area contributed by atoms with E-state index in [1.807, 2.05) is 23.1 Å². The summed E-state index contributed by atoms with van der Waals surface area (Å²) < 4.78 is 13.9. The molecular weight excluding hydrogens is 443 g/mol. The summed E-state index contributed by atoms with van der Waals surface area (Å²) in [5, 5.41) is 0.895. The number of hydrogen-bond donors (Lipinski definition) is 1. The summed E-state index contributed by atoms with van der Waals surface area (Å²) in [5.41, 5.74) is 10.4. The van der Waals surface area contributed by atoms with Crippen molar-refractivity contribution in [1.29, 1.82) is 0 Å². The molecule has 0 atom stereocenters. The fourth-order valence-corrected chi connectivity index (χ4v) is 4.24. The number of carbonyl (C=O) groups is 1. The molecule has 166 valence electrons. The maximum atomic E-state index is 13.9. The maximum absolute atomic E-state index is 13.9. The highest BCUT2D eigenvalue weighted by atomic mass is 35.5. The van der Waals surface area contributed by atoms with E-state index in [1.54, 1.807) is 32.4 Å². The third-order valence-corrected chi connectivity index (χ3v) is 6.07. The van der Waals surface area contributed by atoms with Gasteiger partial charge in [0.15, 0.2) is 0 Å². The second kappa shape index (κ2) is 7.97. The van der Waals surface area contributed by atoms with Crippen molar-refractivity contribution in [2.24, 2.45) is 0 Å². The van der Waals surface area contributed by atoms with Gasteiger partial charge in [0.05, 0.1) is 16.1 Å². The first kappa shape index (κ1) is 21.1. The fourth-order valence-electron chi connectivity index (χ4n) is 4.08. The van der Waals surface area contributed by atoms with Crippen molar-refractivity contribution in [2.75, 3.05) is 31.3 Å². The van der Waals surface area contributed by atoms with Gasteiger partial charge in [-0.05, 0) is 47.9 Å². The summed E-state index contributed by atoms with van der Waals surface area (Å²) in [6.07, 6.45) is 3.84. The summed E-state index contributed by atoms with van der Waals surface area (Å²) in [5.74, 6) is 0.242. The van der Waals surface area contributed by atoms with Crippen LogP contribution in [-0.4, -0.2) is 46.4 Å². The minimum Gasteiger partial charge on any atom is -0.383 e. The summed E-state index contributed by atoms with van der Waals surface area (Å²) in [6, 6.07) is 10.6. The highest BCUT2D eigenvalue weighted by Crippen LogP contribution is 2.39. The molecular formula is C24H20ClFN6O. The molecule has 2 N–H and O–H groups in total. The van der Waals surface area contributed by atoms with Crippen LogP contribution in [0.2, 0.25) is 5.02 Å². The number of aromatic nitrogens is 3. The molecule has 0 saturated heterocycles. The fraction of sp³-hybridized carbons (Fsp3) is 0.167. The van der Waals surface area contributed by atoms with Gasteiger partial charge in [-0.2, -0.15) is 0 Å².